The number of aromatic nitrogens is 2. The summed E-state index contributed by atoms with van der Waals surface area (Å²) in [6, 6.07) is 5.13. The van der Waals surface area contributed by atoms with E-state index in [2.05, 4.69) is 28.4 Å². The van der Waals surface area contributed by atoms with E-state index >= 15 is 0 Å². The zero-order valence-electron chi connectivity index (χ0n) is 19.8. The third kappa shape index (κ3) is 4.55. The maximum Gasteiger partial charge on any atom is 0.276 e. The molecule has 37 heavy (non-hydrogen) atoms. The molecule has 0 bridgehead atoms. The monoisotopic (exact) mass is 558 g/mol. The Morgan fingerprint density at radius 2 is 2.24 bits per heavy atom. The number of pyridine rings is 1. The molecule has 2 aliphatic rings. The second-order valence-corrected chi connectivity index (χ2v) is 11.4. The Kier molecular flexibility index (Phi) is 6.88. The maximum absolute atomic E-state index is 13.1. The van der Waals surface area contributed by atoms with Gasteiger partial charge >= 0.3 is 0 Å². The summed E-state index contributed by atoms with van der Waals surface area (Å²) in [5, 5.41) is 20.9. The molecule has 3 aromatic rings. The number of nitrogens with two attached hydrogens (primary N) is 1. The van der Waals surface area contributed by atoms with Gasteiger partial charge in [0.05, 0.1) is 17.1 Å². The number of nitrogens with one attached hydrogen (secondary N) is 1. The van der Waals surface area contributed by atoms with Gasteiger partial charge in [-0.05, 0) is 18.6 Å². The summed E-state index contributed by atoms with van der Waals surface area (Å²) in [7, 11) is 1.28. The van der Waals surface area contributed by atoms with Gasteiger partial charge in [0.2, 0.25) is 0 Å². The molecule has 5 rings (SSSR count). The lowest BCUT2D eigenvalue weighted by Crippen LogP contribution is -2.71. The van der Waals surface area contributed by atoms with Crippen LogP contribution >= 0.6 is 34.4 Å². The number of hydrogen-bond donors (Lipinski definition) is 2. The molecule has 0 spiro atoms. The largest absolute Gasteiger partial charge is 0.543 e. The molecule has 1 unspecified atom stereocenters. The van der Waals surface area contributed by atoms with Gasteiger partial charge in [0.1, 0.15) is 24.2 Å². The van der Waals surface area contributed by atoms with Gasteiger partial charge in [-0.2, -0.15) is 4.57 Å². The molecule has 11 nitrogen and oxygen atoms in total. The third-order valence-electron chi connectivity index (χ3n) is 5.99. The molecule has 0 aromatic carbocycles. The van der Waals surface area contributed by atoms with E-state index in [1.807, 2.05) is 22.9 Å². The number of carbonyl (C=O) groups is 3. The van der Waals surface area contributed by atoms with Crippen LogP contribution < -0.4 is 20.7 Å². The number of aliphatic carboxylic acids is 1. The number of nitrogen functional groups attached to an aromatic ring is 1. The SMILES string of the molecule is CCc1cc2ccc[n+](CC3=C(C(=O)[O-])N4C(=O)C(NC(=O)C(=NOC)c5csc(N)n5)[C@@H]4SC3)c2s1. The van der Waals surface area contributed by atoms with Crippen LogP contribution in [-0.4, -0.2) is 57.7 Å². The summed E-state index contributed by atoms with van der Waals surface area (Å²) in [4.78, 5) is 50.5. The fourth-order valence-electron chi connectivity index (χ4n) is 4.31. The number of amides is 2. The minimum atomic E-state index is -1.42. The first-order chi connectivity index (χ1) is 17.8. The van der Waals surface area contributed by atoms with Crippen LogP contribution in [-0.2, 0) is 32.2 Å². The van der Waals surface area contributed by atoms with Crippen molar-refractivity contribution >= 4 is 73.3 Å². The van der Waals surface area contributed by atoms with Gasteiger partial charge in [-0.25, -0.2) is 4.98 Å². The van der Waals surface area contributed by atoms with E-state index in [1.165, 1.54) is 28.6 Å². The number of aryl methyl sites for hydroxylation is 1. The minimum absolute atomic E-state index is 0.134. The Bertz CT molecular complexity index is 1480. The first kappa shape index (κ1) is 25.2. The number of β-lactam (4-membered cyclic amide) rings is 1. The van der Waals surface area contributed by atoms with Crippen molar-refractivity contribution in [2.45, 2.75) is 31.3 Å². The van der Waals surface area contributed by atoms with Crippen molar-refractivity contribution in [3.05, 3.63) is 51.6 Å². The van der Waals surface area contributed by atoms with Crippen LogP contribution in [0.2, 0.25) is 0 Å². The van der Waals surface area contributed by atoms with E-state index in [1.54, 1.807) is 16.7 Å². The van der Waals surface area contributed by atoms with Crippen LogP contribution in [0, 0.1) is 0 Å². The van der Waals surface area contributed by atoms with Crippen molar-refractivity contribution in [1.82, 2.24) is 15.2 Å². The van der Waals surface area contributed by atoms with E-state index in [0.29, 0.717) is 17.9 Å². The molecule has 0 radical (unpaired) electrons. The Balaban J connectivity index is 1.38. The lowest BCUT2D eigenvalue weighted by molar-refractivity contribution is -0.661. The Morgan fingerprint density at radius 1 is 1.43 bits per heavy atom. The number of nitrogens with zero attached hydrogens (tertiary/aromatic N) is 4. The predicted molar refractivity (Wildman–Crippen MR) is 139 cm³/mol. The normalized spacial score (nSPS) is 19.6. The molecular formula is C23H22N6O5S3. The number of rotatable bonds is 8. The standard InChI is InChI=1S/C23H22N6O5S3/c1-3-13-7-11-5-4-6-28(20(11)37-13)8-12-9-35-21-16(19(31)29(21)17(12)22(32)33)26-18(30)15(27-34-2)14-10-36-23(24)25-14/h4-7,10,16,21H,3,8-9H2,1-2H3,(H3-,24,25,26,30,32,33)/t16?,21-/m0/s1. The van der Waals surface area contributed by atoms with Crippen LogP contribution in [0.4, 0.5) is 5.13 Å². The van der Waals surface area contributed by atoms with Gasteiger partial charge in [-0.3, -0.25) is 14.5 Å². The van der Waals surface area contributed by atoms with Crippen LogP contribution in [0.5, 0.6) is 0 Å². The number of thiazole rings is 1. The van der Waals surface area contributed by atoms with Crippen molar-refractivity contribution in [3.63, 3.8) is 0 Å². The fourth-order valence-corrected chi connectivity index (χ4v) is 7.26. The number of carboxylic acids is 1. The first-order valence-corrected chi connectivity index (χ1v) is 14.0. The van der Waals surface area contributed by atoms with E-state index in [9.17, 15) is 19.5 Å². The van der Waals surface area contributed by atoms with Crippen LogP contribution in [0.3, 0.4) is 0 Å². The van der Waals surface area contributed by atoms with Crippen molar-refractivity contribution in [2.75, 3.05) is 18.6 Å². The molecule has 2 amide bonds. The molecule has 192 valence electrons. The number of carboxylic acid groups (broad SMARTS) is 1. The summed E-state index contributed by atoms with van der Waals surface area (Å²) in [5.41, 5.74) is 6.17. The zero-order chi connectivity index (χ0) is 26.3. The van der Waals surface area contributed by atoms with Crippen LogP contribution in [0.15, 0.2) is 46.2 Å². The first-order valence-electron chi connectivity index (χ1n) is 11.2. The smallest absolute Gasteiger partial charge is 0.276 e. The predicted octanol–water partition coefficient (Wildman–Crippen LogP) is 0.245. The van der Waals surface area contributed by atoms with Crippen molar-refractivity contribution < 1.29 is 28.9 Å². The van der Waals surface area contributed by atoms with E-state index in [0.717, 1.165) is 28.0 Å². The Labute approximate surface area is 223 Å². The summed E-state index contributed by atoms with van der Waals surface area (Å²) in [6.45, 7) is 2.39. The number of oxime groups is 1. The van der Waals surface area contributed by atoms with Gasteiger partial charge in [0.15, 0.2) is 23.6 Å². The van der Waals surface area contributed by atoms with E-state index in [4.69, 9.17) is 10.6 Å². The van der Waals surface area contributed by atoms with E-state index < -0.39 is 29.2 Å². The Morgan fingerprint density at radius 3 is 2.92 bits per heavy atom. The zero-order valence-corrected chi connectivity index (χ0v) is 22.2. The van der Waals surface area contributed by atoms with Crippen molar-refractivity contribution in [2.24, 2.45) is 5.16 Å². The molecule has 0 aliphatic carbocycles. The average molecular weight is 559 g/mol. The highest BCUT2D eigenvalue weighted by molar-refractivity contribution is 8.00. The van der Waals surface area contributed by atoms with Gasteiger partial charge < -0.3 is 25.8 Å². The van der Waals surface area contributed by atoms with Crippen molar-refractivity contribution in [1.29, 1.82) is 0 Å². The van der Waals surface area contributed by atoms with Gasteiger partial charge in [-0.1, -0.05) is 23.4 Å². The number of thioether (sulfide) groups is 1. The van der Waals surface area contributed by atoms with Crippen LogP contribution in [0.1, 0.15) is 17.5 Å². The molecule has 14 heteroatoms. The number of carbonyl (C=O) groups excluding carboxylic acids is 3. The second kappa shape index (κ2) is 10.1. The molecule has 0 saturated carbocycles. The molecule has 5 heterocycles. The third-order valence-corrected chi connectivity index (χ3v) is 9.34. The fraction of sp³-hybridized carbons (Fsp3) is 0.304. The summed E-state index contributed by atoms with van der Waals surface area (Å²) >= 11 is 4.17. The second-order valence-electron chi connectivity index (χ2n) is 8.26. The summed E-state index contributed by atoms with van der Waals surface area (Å²) < 4.78 is 1.99. The van der Waals surface area contributed by atoms with Crippen molar-refractivity contribution in [3.8, 4) is 0 Å². The molecule has 1 fully saturated rings. The Hall–Kier alpha value is -3.49. The lowest BCUT2D eigenvalue weighted by Gasteiger charge is -2.50. The van der Waals surface area contributed by atoms with Gasteiger partial charge in [0.25, 0.3) is 16.6 Å². The summed E-state index contributed by atoms with van der Waals surface area (Å²) in [5.74, 6) is -2.28. The molecule has 2 aliphatic heterocycles. The molecule has 1 saturated heterocycles. The average Bonchev–Trinajstić information content (AvgIpc) is 3.51. The number of hydrogen-bond acceptors (Lipinski definition) is 11. The van der Waals surface area contributed by atoms with E-state index in [-0.39, 0.29) is 22.2 Å². The highest BCUT2D eigenvalue weighted by Gasteiger charge is 2.53. The maximum atomic E-state index is 13.1. The minimum Gasteiger partial charge on any atom is -0.543 e. The highest BCUT2D eigenvalue weighted by atomic mass is 32.2. The molecule has 3 N–H and O–H groups in total. The quantitative estimate of drug-likeness (QED) is 0.173. The molecule has 3 aromatic heterocycles. The molecule has 2 atom stereocenters. The number of thiophene rings is 1. The molecular weight excluding hydrogens is 536 g/mol. The van der Waals surface area contributed by atoms with Crippen LogP contribution in [0.25, 0.3) is 10.2 Å². The van der Waals surface area contributed by atoms with Gasteiger partial charge in [-0.15, -0.1) is 23.1 Å². The number of fused-ring (bicyclic) bond motifs is 2. The lowest BCUT2D eigenvalue weighted by atomic mass is 10.0. The van der Waals surface area contributed by atoms with Gasteiger partial charge in [0, 0.05) is 27.6 Å². The summed E-state index contributed by atoms with van der Waals surface area (Å²) in [6.07, 6.45) is 2.81. The highest BCUT2D eigenvalue weighted by Crippen LogP contribution is 2.40. The topological polar surface area (TPSA) is 154 Å². The number of anilines is 1.